The second-order valence-corrected chi connectivity index (χ2v) is 8.17. The second-order valence-electron chi connectivity index (χ2n) is 7.15. The first-order valence-electron chi connectivity index (χ1n) is 9.46. The molecule has 0 spiro atoms. The van der Waals surface area contributed by atoms with Crippen LogP contribution in [0.2, 0.25) is 0 Å². The van der Waals surface area contributed by atoms with Crippen LogP contribution in [0.15, 0.2) is 41.1 Å². The fourth-order valence-corrected chi connectivity index (χ4v) is 4.25. The summed E-state index contributed by atoms with van der Waals surface area (Å²) in [6.07, 6.45) is 2.57. The summed E-state index contributed by atoms with van der Waals surface area (Å²) in [6.45, 7) is 5.81. The van der Waals surface area contributed by atoms with E-state index < -0.39 is 0 Å². The summed E-state index contributed by atoms with van der Waals surface area (Å²) in [7, 11) is 0. The van der Waals surface area contributed by atoms with Crippen LogP contribution in [0.5, 0.6) is 0 Å². The van der Waals surface area contributed by atoms with Gasteiger partial charge in [0.05, 0.1) is 10.6 Å². The van der Waals surface area contributed by atoms with Gasteiger partial charge in [0.2, 0.25) is 0 Å². The van der Waals surface area contributed by atoms with E-state index in [1.54, 1.807) is 6.92 Å². The molecule has 2 aliphatic rings. The topological polar surface area (TPSA) is 106 Å². The molecule has 0 radical (unpaired) electrons. The van der Waals surface area contributed by atoms with Crippen molar-refractivity contribution in [3.8, 4) is 0 Å². The maximum Gasteiger partial charge on any atom is 0.253 e. The molecule has 0 atom stereocenters. The Morgan fingerprint density at radius 1 is 1.21 bits per heavy atom. The van der Waals surface area contributed by atoms with Gasteiger partial charge in [0, 0.05) is 36.5 Å². The number of hydrogen-bond acceptors (Lipinski definition) is 7. The summed E-state index contributed by atoms with van der Waals surface area (Å²) >= 11 is 1.32. The molecule has 148 valence electrons. The highest BCUT2D eigenvalue weighted by atomic mass is 32.2. The van der Waals surface area contributed by atoms with Gasteiger partial charge in [0.15, 0.2) is 0 Å². The van der Waals surface area contributed by atoms with E-state index in [1.807, 2.05) is 36.1 Å². The average molecular weight is 407 g/mol. The number of fused-ring (bicyclic) bond motifs is 1. The van der Waals surface area contributed by atoms with Crippen LogP contribution in [-0.4, -0.2) is 44.6 Å². The summed E-state index contributed by atoms with van der Waals surface area (Å²) in [6, 6.07) is 7.63. The fourth-order valence-electron chi connectivity index (χ4n) is 3.22. The highest BCUT2D eigenvalue weighted by molar-refractivity contribution is 8.15. The predicted octanol–water partition coefficient (Wildman–Crippen LogP) is 3.83. The molecule has 2 aliphatic heterocycles. The van der Waals surface area contributed by atoms with E-state index in [0.29, 0.717) is 39.9 Å². The zero-order valence-corrected chi connectivity index (χ0v) is 17.2. The minimum absolute atomic E-state index is 0.0930. The Bertz CT molecular complexity index is 1040. The number of aromatic nitrogens is 2. The van der Waals surface area contributed by atoms with Gasteiger partial charge in [-0.15, -0.1) is 0 Å². The summed E-state index contributed by atoms with van der Waals surface area (Å²) in [5.74, 6) is 0.770. The van der Waals surface area contributed by atoms with Crippen LogP contribution in [0.1, 0.15) is 41.9 Å². The van der Waals surface area contributed by atoms with Crippen molar-refractivity contribution in [1.29, 1.82) is 10.8 Å². The van der Waals surface area contributed by atoms with Crippen LogP contribution >= 0.6 is 11.8 Å². The van der Waals surface area contributed by atoms with Crippen molar-refractivity contribution in [1.82, 2.24) is 14.9 Å². The fraction of sp³-hybridized carbons (Fsp3) is 0.286. The van der Waals surface area contributed by atoms with E-state index in [0.717, 1.165) is 35.5 Å². The minimum atomic E-state index is 0.0930. The van der Waals surface area contributed by atoms with E-state index in [-0.39, 0.29) is 5.91 Å². The Balaban J connectivity index is 1.50. The molecule has 29 heavy (non-hydrogen) atoms. The minimum Gasteiger partial charge on any atom is -0.365 e. The van der Waals surface area contributed by atoms with Crippen LogP contribution in [0, 0.1) is 10.8 Å². The lowest BCUT2D eigenvalue weighted by Crippen LogP contribution is -2.41. The third kappa shape index (κ3) is 3.67. The third-order valence-corrected chi connectivity index (χ3v) is 6.21. The number of anilines is 1. The van der Waals surface area contributed by atoms with Crippen molar-refractivity contribution in [2.45, 2.75) is 31.7 Å². The molecule has 4 rings (SSSR count). The van der Waals surface area contributed by atoms with E-state index >= 15 is 0 Å². The Labute approximate surface area is 173 Å². The summed E-state index contributed by atoms with van der Waals surface area (Å²) in [4.78, 5) is 23.6. The average Bonchev–Trinajstić information content (AvgIpc) is 3.01. The number of amides is 1. The van der Waals surface area contributed by atoms with Crippen LogP contribution in [0.4, 0.5) is 5.82 Å². The number of carbonyl (C=O) groups is 1. The zero-order valence-electron chi connectivity index (χ0n) is 16.4. The lowest BCUT2D eigenvalue weighted by atomic mass is 10.0. The van der Waals surface area contributed by atoms with Crippen molar-refractivity contribution in [3.05, 3.63) is 53.0 Å². The largest absolute Gasteiger partial charge is 0.365 e. The maximum atomic E-state index is 12.3. The molecule has 3 heterocycles. The Hall–Kier alpha value is -3.00. The Morgan fingerprint density at radius 2 is 1.93 bits per heavy atom. The van der Waals surface area contributed by atoms with Gasteiger partial charge >= 0.3 is 0 Å². The number of hydrogen-bond donors (Lipinski definition) is 3. The number of thioether (sulfide) groups is 1. The van der Waals surface area contributed by atoms with Crippen LogP contribution in [0.3, 0.4) is 0 Å². The second kappa shape index (κ2) is 7.79. The first-order chi connectivity index (χ1) is 14.0. The summed E-state index contributed by atoms with van der Waals surface area (Å²) in [5, 5.41) is 19.9. The van der Waals surface area contributed by atoms with E-state index in [2.05, 4.69) is 15.3 Å². The molecule has 1 aromatic heterocycles. The number of rotatable bonds is 5. The highest BCUT2D eigenvalue weighted by Gasteiger charge is 2.29. The van der Waals surface area contributed by atoms with Crippen molar-refractivity contribution in [2.24, 2.45) is 0 Å². The van der Waals surface area contributed by atoms with Crippen molar-refractivity contribution in [3.63, 3.8) is 0 Å². The van der Waals surface area contributed by atoms with Gasteiger partial charge in [0.1, 0.15) is 17.2 Å². The van der Waals surface area contributed by atoms with Crippen molar-refractivity contribution >= 4 is 39.8 Å². The first kappa shape index (κ1) is 19.3. The summed E-state index contributed by atoms with van der Waals surface area (Å²) < 4.78 is 0. The lowest BCUT2D eigenvalue weighted by molar-refractivity contribution is 0.0652. The first-order valence-corrected chi connectivity index (χ1v) is 10.3. The van der Waals surface area contributed by atoms with Gasteiger partial charge in [-0.25, -0.2) is 9.97 Å². The molecular formula is C21H22N6OS. The molecule has 0 aliphatic carbocycles. The monoisotopic (exact) mass is 406 g/mol. The Morgan fingerprint density at radius 3 is 2.55 bits per heavy atom. The smallest absolute Gasteiger partial charge is 0.253 e. The Kier molecular flexibility index (Phi) is 5.19. The number of nitrogens with zero attached hydrogens (tertiary/aromatic N) is 3. The number of likely N-dealkylation sites (tertiary alicyclic amines) is 1. The molecule has 7 nitrogen and oxygen atoms in total. The SMILES string of the molecule is CC(=N)/C(C)=C1\C(=N)Sc2c(NCc3ccc(C(=O)N4CCC4)cc3)ncnc21. The molecule has 1 fully saturated rings. The number of carbonyl (C=O) groups excluding carboxylic acids is 1. The molecule has 0 saturated carbocycles. The van der Waals surface area contributed by atoms with Crippen molar-refractivity contribution in [2.75, 3.05) is 18.4 Å². The molecular weight excluding hydrogens is 384 g/mol. The molecule has 2 aromatic rings. The lowest BCUT2D eigenvalue weighted by Gasteiger charge is -2.30. The molecule has 1 saturated heterocycles. The van der Waals surface area contributed by atoms with Gasteiger partial charge in [-0.1, -0.05) is 23.9 Å². The van der Waals surface area contributed by atoms with E-state index in [4.69, 9.17) is 10.8 Å². The maximum absolute atomic E-state index is 12.3. The van der Waals surface area contributed by atoms with Gasteiger partial charge in [-0.3, -0.25) is 10.2 Å². The molecule has 0 unspecified atom stereocenters. The molecule has 1 amide bonds. The highest BCUT2D eigenvalue weighted by Crippen LogP contribution is 2.44. The number of benzene rings is 1. The standard InChI is InChI=1S/C21H22N6OS/c1-12(13(2)22)16-17-18(29-19(16)23)20(26-11-25-17)24-10-14-4-6-15(7-5-14)21(28)27-8-3-9-27/h4-7,11,22-23H,3,8-10H2,1-2H3,(H,24,25,26)/b16-12-,22-13?,23-19?. The molecule has 3 N–H and O–H groups in total. The quantitative estimate of drug-likeness (QED) is 0.655. The zero-order chi connectivity index (χ0) is 20.5. The van der Waals surface area contributed by atoms with E-state index in [1.165, 1.54) is 18.1 Å². The predicted molar refractivity (Wildman–Crippen MR) is 116 cm³/mol. The van der Waals surface area contributed by atoms with Gasteiger partial charge < -0.3 is 15.6 Å². The van der Waals surface area contributed by atoms with Crippen LogP contribution < -0.4 is 5.32 Å². The van der Waals surface area contributed by atoms with E-state index in [9.17, 15) is 4.79 Å². The van der Waals surface area contributed by atoms with Gasteiger partial charge in [-0.2, -0.15) is 0 Å². The normalized spacial score (nSPS) is 16.9. The summed E-state index contributed by atoms with van der Waals surface area (Å²) in [5.41, 5.74) is 4.35. The number of nitrogens with one attached hydrogen (secondary N) is 3. The van der Waals surface area contributed by atoms with Crippen LogP contribution in [0.25, 0.3) is 5.57 Å². The molecule has 0 bridgehead atoms. The van der Waals surface area contributed by atoms with Gasteiger partial charge in [0.25, 0.3) is 5.91 Å². The van der Waals surface area contributed by atoms with Gasteiger partial charge in [-0.05, 0) is 43.5 Å². The third-order valence-electron chi connectivity index (χ3n) is 5.21. The number of allylic oxidation sites excluding steroid dienone is 1. The van der Waals surface area contributed by atoms with Crippen LogP contribution in [-0.2, 0) is 6.54 Å². The molecule has 8 heteroatoms. The van der Waals surface area contributed by atoms with Crippen molar-refractivity contribution < 1.29 is 4.79 Å². The molecule has 1 aromatic carbocycles.